The molecule has 1 N–H and O–H groups in total. The van der Waals surface area contributed by atoms with Crippen LogP contribution in [0, 0.1) is 0 Å². The largest absolute Gasteiger partial charge is 0.756 e. The van der Waals surface area contributed by atoms with Crippen LogP contribution in [0.15, 0.2) is 48.6 Å². The van der Waals surface area contributed by atoms with Crippen LogP contribution >= 0.6 is 7.82 Å². The molecule has 0 aliphatic heterocycles. The molecule has 0 aliphatic carbocycles. The summed E-state index contributed by atoms with van der Waals surface area (Å²) in [4.78, 5) is 39.8. The second-order valence-electron chi connectivity index (χ2n) is 20.8. The Kier molecular flexibility index (Phi) is 48.1. The van der Waals surface area contributed by atoms with E-state index in [1.807, 2.05) is 33.3 Å². The summed E-state index contributed by atoms with van der Waals surface area (Å²) in [7, 11) is 1.17. The molecule has 3 unspecified atom stereocenters. The van der Waals surface area contributed by atoms with Crippen molar-refractivity contribution in [2.24, 2.45) is 0 Å². The minimum Gasteiger partial charge on any atom is -0.756 e. The smallest absolute Gasteiger partial charge is 0.306 e. The van der Waals surface area contributed by atoms with Gasteiger partial charge in [0.15, 0.2) is 0 Å². The van der Waals surface area contributed by atoms with Crippen LogP contribution in [0.25, 0.3) is 0 Å². The van der Waals surface area contributed by atoms with Crippen molar-refractivity contribution < 1.29 is 37.3 Å². The molecule has 0 radical (unpaired) electrons. The van der Waals surface area contributed by atoms with E-state index < -0.39 is 26.6 Å². The van der Waals surface area contributed by atoms with Gasteiger partial charge in [0, 0.05) is 12.8 Å². The zero-order chi connectivity index (χ0) is 50.8. The Hall–Kier alpha value is -2.03. The molecule has 0 spiro atoms. The van der Waals surface area contributed by atoms with Gasteiger partial charge in [0.1, 0.15) is 19.3 Å². The lowest BCUT2D eigenvalue weighted by Crippen LogP contribution is -2.47. The van der Waals surface area contributed by atoms with Crippen LogP contribution in [0.1, 0.15) is 265 Å². The number of phosphoric acid groups is 1. The van der Waals surface area contributed by atoms with Gasteiger partial charge in [0.05, 0.1) is 33.8 Å². The third-order valence-electron chi connectivity index (χ3n) is 12.7. The monoisotopic (exact) mass is 991 g/mol. The van der Waals surface area contributed by atoms with E-state index in [2.05, 4.69) is 62.5 Å². The fourth-order valence-corrected chi connectivity index (χ4v) is 8.92. The topological polar surface area (TPSA) is 114 Å². The van der Waals surface area contributed by atoms with Gasteiger partial charge in [-0.15, -0.1) is 0 Å². The van der Waals surface area contributed by atoms with E-state index in [0.717, 1.165) is 83.5 Å². The number of amides is 1. The van der Waals surface area contributed by atoms with E-state index in [4.69, 9.17) is 13.8 Å². The third kappa shape index (κ3) is 50.7. The number of phosphoric ester groups is 1. The van der Waals surface area contributed by atoms with Gasteiger partial charge in [-0.2, -0.15) is 0 Å². The highest BCUT2D eigenvalue weighted by Gasteiger charge is 2.27. The lowest BCUT2D eigenvalue weighted by molar-refractivity contribution is -0.870. The highest BCUT2D eigenvalue weighted by Crippen LogP contribution is 2.38. The first kappa shape index (κ1) is 67.0. The Bertz CT molecular complexity index is 1330. The average Bonchev–Trinajstić information content (AvgIpc) is 3.31. The number of allylic oxidation sites excluding steroid dienone is 7. The van der Waals surface area contributed by atoms with Crippen LogP contribution in [0.4, 0.5) is 0 Å². The molecule has 0 fully saturated rings. The maximum Gasteiger partial charge on any atom is 0.306 e. The van der Waals surface area contributed by atoms with Crippen molar-refractivity contribution in [3.8, 4) is 0 Å². The second kappa shape index (κ2) is 49.5. The minimum atomic E-state index is -4.70. The van der Waals surface area contributed by atoms with E-state index in [-0.39, 0.29) is 24.9 Å². The van der Waals surface area contributed by atoms with E-state index in [1.165, 1.54) is 141 Å². The quantitative estimate of drug-likeness (QED) is 0.0212. The summed E-state index contributed by atoms with van der Waals surface area (Å²) in [5, 5.41) is 3.01. The van der Waals surface area contributed by atoms with Gasteiger partial charge >= 0.3 is 5.97 Å². The highest BCUT2D eigenvalue weighted by atomic mass is 31.2. The Labute approximate surface area is 427 Å². The van der Waals surface area contributed by atoms with Crippen molar-refractivity contribution in [2.75, 3.05) is 40.9 Å². The second-order valence-corrected chi connectivity index (χ2v) is 22.2. The Morgan fingerprint density at radius 2 is 0.884 bits per heavy atom. The highest BCUT2D eigenvalue weighted by molar-refractivity contribution is 7.45. The lowest BCUT2D eigenvalue weighted by Gasteiger charge is -2.30. The number of nitrogens with one attached hydrogen (secondary N) is 1. The normalized spacial score (nSPS) is 14.1. The summed E-state index contributed by atoms with van der Waals surface area (Å²) in [5.41, 5.74) is 0. The van der Waals surface area contributed by atoms with Crippen LogP contribution in [0.3, 0.4) is 0 Å². The van der Waals surface area contributed by atoms with Crippen LogP contribution in [-0.2, 0) is 27.9 Å². The van der Waals surface area contributed by atoms with E-state index in [0.29, 0.717) is 23.9 Å². The first-order chi connectivity index (χ1) is 33.4. The standard InChI is InChI=1S/C59H111N2O7P/c1-7-10-13-16-19-22-25-28-30-31-32-33-36-39-42-45-48-51-58(62)60-56(55-67-69(64,65)66-54-53-61(4,5)6)57(50-47-44-41-38-35-27-24-21-18-15-12-9-3)68-59(63)52-49-46-43-40-37-34-29-26-23-20-17-14-11-8-2/h19,22,28,30,34,37,47,50,56-57H,7-18,20-21,23-27,29,31-33,35-36,38-46,48-49,51-55H2,1-6H3,(H-,60,62,64,65)/b22-19-,30-28-,37-34-,50-47+. The fourth-order valence-electron chi connectivity index (χ4n) is 8.19. The molecule has 0 bridgehead atoms. The predicted octanol–water partition coefficient (Wildman–Crippen LogP) is 16.7. The molecular weight excluding hydrogens is 880 g/mol. The zero-order valence-corrected chi connectivity index (χ0v) is 46.9. The van der Waals surface area contributed by atoms with Crippen molar-refractivity contribution in [1.82, 2.24) is 5.32 Å². The van der Waals surface area contributed by atoms with Gasteiger partial charge in [-0.25, -0.2) is 0 Å². The van der Waals surface area contributed by atoms with Gasteiger partial charge in [-0.05, 0) is 89.5 Å². The third-order valence-corrected chi connectivity index (χ3v) is 13.7. The zero-order valence-electron chi connectivity index (χ0n) is 46.0. The first-order valence-electron chi connectivity index (χ1n) is 28.9. The number of esters is 1. The number of unbranched alkanes of at least 4 members (excludes halogenated alkanes) is 30. The molecule has 0 saturated heterocycles. The minimum absolute atomic E-state index is 0.0262. The molecule has 0 aromatic rings. The molecule has 9 nitrogen and oxygen atoms in total. The number of rotatable bonds is 52. The molecule has 0 rings (SSSR count). The molecule has 1 amide bonds. The van der Waals surface area contributed by atoms with Crippen molar-refractivity contribution in [1.29, 1.82) is 0 Å². The predicted molar refractivity (Wildman–Crippen MR) is 293 cm³/mol. The van der Waals surface area contributed by atoms with Crippen molar-refractivity contribution in [2.45, 2.75) is 277 Å². The summed E-state index contributed by atoms with van der Waals surface area (Å²) in [6, 6.07) is -0.896. The van der Waals surface area contributed by atoms with E-state index in [1.54, 1.807) is 0 Å². The summed E-state index contributed by atoms with van der Waals surface area (Å²) >= 11 is 0. The number of carbonyl (C=O) groups excluding carboxylic acids is 2. The summed E-state index contributed by atoms with van der Waals surface area (Å²) in [6.07, 6.45) is 59.2. The van der Waals surface area contributed by atoms with Crippen LogP contribution in [0.5, 0.6) is 0 Å². The molecule has 0 aromatic heterocycles. The molecule has 3 atom stereocenters. The number of quaternary nitrogens is 1. The SMILES string of the molecule is CCCCC/C=C\C/C=C\CCCCCCCCCC(=O)NC(COP(=O)([O-])OCC[N+](C)(C)C)C(/C=C/CCCCCCCCCCCC)OC(=O)CCCCC/C=C\CCCCCCCCC. The maximum atomic E-state index is 13.5. The van der Waals surface area contributed by atoms with E-state index >= 15 is 0 Å². The Morgan fingerprint density at radius 3 is 1.36 bits per heavy atom. The lowest BCUT2D eigenvalue weighted by atomic mass is 10.0. The number of hydrogen-bond acceptors (Lipinski definition) is 7. The molecule has 69 heavy (non-hydrogen) atoms. The Morgan fingerprint density at radius 1 is 0.507 bits per heavy atom. The Balaban J connectivity index is 5.37. The van der Waals surface area contributed by atoms with Gasteiger partial charge < -0.3 is 28.5 Å². The van der Waals surface area contributed by atoms with Gasteiger partial charge in [0.25, 0.3) is 7.82 Å². The average molecular weight is 992 g/mol. The van der Waals surface area contributed by atoms with Crippen molar-refractivity contribution >= 4 is 19.7 Å². The van der Waals surface area contributed by atoms with Crippen LogP contribution < -0.4 is 10.2 Å². The summed E-state index contributed by atoms with van der Waals surface area (Å²) in [5.74, 6) is -0.565. The molecule has 0 saturated carbocycles. The molecule has 404 valence electrons. The van der Waals surface area contributed by atoms with Crippen molar-refractivity contribution in [3.05, 3.63) is 48.6 Å². The number of likely N-dealkylation sites (N-methyl/N-ethyl adjacent to an activating group) is 1. The van der Waals surface area contributed by atoms with Gasteiger partial charge in [-0.1, -0.05) is 211 Å². The number of nitrogens with zero attached hydrogens (tertiary/aromatic N) is 1. The van der Waals surface area contributed by atoms with Crippen LogP contribution in [-0.4, -0.2) is 69.4 Å². The number of carbonyl (C=O) groups is 2. The molecule has 10 heteroatoms. The molecule has 0 heterocycles. The van der Waals surface area contributed by atoms with Gasteiger partial charge in [-0.3, -0.25) is 14.2 Å². The fraction of sp³-hybridized carbons (Fsp3) is 0.831. The van der Waals surface area contributed by atoms with Crippen molar-refractivity contribution in [3.63, 3.8) is 0 Å². The summed E-state index contributed by atoms with van der Waals surface area (Å²) in [6.45, 7) is 6.80. The number of ether oxygens (including phenoxy) is 1. The van der Waals surface area contributed by atoms with E-state index in [9.17, 15) is 19.0 Å². The summed E-state index contributed by atoms with van der Waals surface area (Å²) < 4.78 is 30.2. The van der Waals surface area contributed by atoms with Gasteiger partial charge in [0.2, 0.25) is 5.91 Å². The molecular formula is C59H111N2O7P. The maximum absolute atomic E-state index is 13.5. The molecule has 0 aromatic carbocycles. The first-order valence-corrected chi connectivity index (χ1v) is 30.4. The van der Waals surface area contributed by atoms with Crippen LogP contribution in [0.2, 0.25) is 0 Å². The molecule has 0 aliphatic rings. The number of hydrogen-bond donors (Lipinski definition) is 1.